The van der Waals surface area contributed by atoms with Gasteiger partial charge in [0.25, 0.3) is 0 Å². The van der Waals surface area contributed by atoms with Crippen LogP contribution >= 0.6 is 34.4 Å². The first-order valence-corrected chi connectivity index (χ1v) is 15.4. The number of thiophene rings is 2. The highest BCUT2D eigenvalue weighted by Crippen LogP contribution is 2.46. The fourth-order valence-electron chi connectivity index (χ4n) is 5.44. The summed E-state index contributed by atoms with van der Waals surface area (Å²) in [4.78, 5) is 5.56. The monoisotopic (exact) mass is 530 g/mol. The highest BCUT2D eigenvalue weighted by molar-refractivity contribution is 8.00. The molecule has 0 nitrogen and oxygen atoms in total. The Bertz CT molecular complexity index is 1700. The molecule has 0 saturated carbocycles. The van der Waals surface area contributed by atoms with Gasteiger partial charge in [-0.1, -0.05) is 72.8 Å². The molecule has 1 aliphatic heterocycles. The predicted molar refractivity (Wildman–Crippen MR) is 168 cm³/mol. The van der Waals surface area contributed by atoms with Crippen molar-refractivity contribution in [2.75, 3.05) is 11.5 Å². The zero-order chi connectivity index (χ0) is 24.9. The highest BCUT2D eigenvalue weighted by Gasteiger charge is 2.24. The first kappa shape index (κ1) is 23.0. The lowest BCUT2D eigenvalue weighted by molar-refractivity contribution is 1.51. The van der Waals surface area contributed by atoms with E-state index in [1.165, 1.54) is 74.5 Å². The Morgan fingerprint density at radius 2 is 0.919 bits per heavy atom. The van der Waals surface area contributed by atoms with Crippen LogP contribution in [0.5, 0.6) is 0 Å². The minimum absolute atomic E-state index is 1.09. The van der Waals surface area contributed by atoms with Crippen LogP contribution in [0.4, 0.5) is 0 Å². The number of thioether (sulfide) groups is 1. The van der Waals surface area contributed by atoms with Crippen LogP contribution in [0.15, 0.2) is 97.1 Å². The van der Waals surface area contributed by atoms with Crippen molar-refractivity contribution in [2.45, 2.75) is 13.8 Å². The molecular weight excluding hydrogens is 505 g/mol. The Balaban J connectivity index is 1.28. The highest BCUT2D eigenvalue weighted by atomic mass is 32.2. The van der Waals surface area contributed by atoms with E-state index in [9.17, 15) is 0 Å². The van der Waals surface area contributed by atoms with Gasteiger partial charge in [0.2, 0.25) is 0 Å². The molecule has 0 spiro atoms. The smallest absolute Gasteiger partial charge is 0.0352 e. The van der Waals surface area contributed by atoms with Gasteiger partial charge >= 0.3 is 0 Å². The van der Waals surface area contributed by atoms with E-state index in [2.05, 4.69) is 111 Å². The maximum absolute atomic E-state index is 2.44. The van der Waals surface area contributed by atoms with Gasteiger partial charge in [0.15, 0.2) is 0 Å². The number of hydrogen-bond donors (Lipinski definition) is 0. The average molecular weight is 531 g/mol. The Hall–Kier alpha value is -3.11. The second-order valence-corrected chi connectivity index (χ2v) is 13.2. The van der Waals surface area contributed by atoms with Crippen molar-refractivity contribution in [2.24, 2.45) is 0 Å². The molecule has 4 aromatic carbocycles. The lowest BCUT2D eigenvalue weighted by Crippen LogP contribution is -1.90. The summed E-state index contributed by atoms with van der Waals surface area (Å²) in [7, 11) is 0. The van der Waals surface area contributed by atoms with Crippen molar-refractivity contribution in [3.05, 3.63) is 118 Å². The van der Waals surface area contributed by atoms with Crippen LogP contribution in [-0.4, -0.2) is 11.5 Å². The molecule has 0 saturated heterocycles. The molecule has 0 aliphatic carbocycles. The van der Waals surface area contributed by atoms with Gasteiger partial charge in [0, 0.05) is 31.0 Å². The normalized spacial score (nSPS) is 13.8. The van der Waals surface area contributed by atoms with Crippen LogP contribution < -0.4 is 0 Å². The van der Waals surface area contributed by atoms with Gasteiger partial charge in [-0.25, -0.2) is 0 Å². The van der Waals surface area contributed by atoms with Crippen molar-refractivity contribution in [1.82, 2.24) is 0 Å². The first-order chi connectivity index (χ1) is 18.1. The van der Waals surface area contributed by atoms with E-state index in [1.54, 1.807) is 0 Å². The largest absolute Gasteiger partial charge is 0.152 e. The molecule has 1 aliphatic rings. The number of hydrogen-bond acceptors (Lipinski definition) is 3. The van der Waals surface area contributed by atoms with E-state index in [0.29, 0.717) is 0 Å². The summed E-state index contributed by atoms with van der Waals surface area (Å²) in [6.07, 6.45) is 0. The summed E-state index contributed by atoms with van der Waals surface area (Å²) in [5.41, 5.74) is 8.55. The van der Waals surface area contributed by atoms with Gasteiger partial charge in [-0.3, -0.25) is 0 Å². The summed E-state index contributed by atoms with van der Waals surface area (Å²) in [6.45, 7) is 4.58. The molecule has 0 N–H and O–H groups in total. The van der Waals surface area contributed by atoms with Crippen molar-refractivity contribution in [1.29, 1.82) is 0 Å². The molecule has 0 radical (unpaired) electrons. The van der Waals surface area contributed by atoms with E-state index in [0.717, 1.165) is 11.5 Å². The van der Waals surface area contributed by atoms with E-state index in [-0.39, 0.29) is 0 Å². The number of fused-ring (bicyclic) bond motifs is 2. The standard InChI is InChI=1S/C34H26S3/c1-21-29(17-33(36-21)27-13-11-23-7-3-5-9-25(23)15-27)31-19-35-20-32(31)30-18-34(37-22(30)2)28-14-12-24-8-4-6-10-26(24)16-28/h3-18H,19-20H2,1-2H3. The van der Waals surface area contributed by atoms with Crippen LogP contribution in [-0.2, 0) is 0 Å². The van der Waals surface area contributed by atoms with E-state index in [1.807, 2.05) is 34.4 Å². The lowest BCUT2D eigenvalue weighted by Gasteiger charge is -2.07. The molecule has 2 aromatic heterocycles. The fourth-order valence-corrected chi connectivity index (χ4v) is 8.70. The van der Waals surface area contributed by atoms with Gasteiger partial charge in [0.1, 0.15) is 0 Å². The third-order valence-electron chi connectivity index (χ3n) is 7.41. The molecule has 0 unspecified atom stereocenters. The zero-order valence-electron chi connectivity index (χ0n) is 20.9. The van der Waals surface area contributed by atoms with Crippen LogP contribution in [0.25, 0.3) is 53.6 Å². The first-order valence-electron chi connectivity index (χ1n) is 12.6. The van der Waals surface area contributed by atoms with Gasteiger partial charge in [0.05, 0.1) is 0 Å². The number of rotatable bonds is 4. The Labute approximate surface area is 230 Å². The number of aryl methyl sites for hydroxylation is 2. The quantitative estimate of drug-likeness (QED) is 0.218. The summed E-state index contributed by atoms with van der Waals surface area (Å²) < 4.78 is 0. The van der Waals surface area contributed by atoms with Gasteiger partial charge < -0.3 is 0 Å². The SMILES string of the molecule is Cc1sc(-c2ccc3ccccc3c2)cc1C1=C(c2cc(-c3ccc4ccccc4c3)sc2C)CSC1. The van der Waals surface area contributed by atoms with Crippen molar-refractivity contribution in [3.8, 4) is 20.9 Å². The molecule has 37 heavy (non-hydrogen) atoms. The Morgan fingerprint density at radius 3 is 1.38 bits per heavy atom. The summed E-state index contributed by atoms with van der Waals surface area (Å²) >= 11 is 5.90. The third-order valence-corrected chi connectivity index (χ3v) is 10.6. The minimum Gasteiger partial charge on any atom is -0.152 e. The maximum atomic E-state index is 2.44. The van der Waals surface area contributed by atoms with Gasteiger partial charge in [-0.05, 0) is 93.1 Å². The Kier molecular flexibility index (Phi) is 5.81. The van der Waals surface area contributed by atoms with E-state index in [4.69, 9.17) is 0 Å². The van der Waals surface area contributed by atoms with Crippen LogP contribution in [0, 0.1) is 13.8 Å². The van der Waals surface area contributed by atoms with Gasteiger partial charge in [-0.15, -0.1) is 22.7 Å². The van der Waals surface area contributed by atoms with E-state index < -0.39 is 0 Å². The van der Waals surface area contributed by atoms with Crippen LogP contribution in [0.1, 0.15) is 20.9 Å². The number of benzene rings is 4. The summed E-state index contributed by atoms with van der Waals surface area (Å²) in [5, 5.41) is 5.21. The van der Waals surface area contributed by atoms with Gasteiger partial charge in [-0.2, -0.15) is 11.8 Å². The second-order valence-electron chi connectivity index (χ2n) is 9.73. The summed E-state index contributed by atoms with van der Waals surface area (Å²) in [5.74, 6) is 2.18. The van der Waals surface area contributed by atoms with E-state index >= 15 is 0 Å². The molecular formula is C34H26S3. The predicted octanol–water partition coefficient (Wildman–Crippen LogP) is 10.7. The lowest BCUT2D eigenvalue weighted by atomic mass is 9.96. The van der Waals surface area contributed by atoms with Crippen LogP contribution in [0.2, 0.25) is 0 Å². The molecule has 3 heteroatoms. The molecule has 6 aromatic rings. The molecule has 0 atom stereocenters. The maximum Gasteiger partial charge on any atom is 0.0352 e. The fraction of sp³-hybridized carbons (Fsp3) is 0.118. The van der Waals surface area contributed by atoms with Crippen molar-refractivity contribution in [3.63, 3.8) is 0 Å². The van der Waals surface area contributed by atoms with Crippen molar-refractivity contribution < 1.29 is 0 Å². The molecule has 3 heterocycles. The zero-order valence-corrected chi connectivity index (χ0v) is 23.3. The summed E-state index contributed by atoms with van der Waals surface area (Å²) in [6, 6.07) is 35.9. The van der Waals surface area contributed by atoms with Crippen LogP contribution in [0.3, 0.4) is 0 Å². The molecule has 180 valence electrons. The minimum atomic E-state index is 1.09. The molecule has 0 amide bonds. The molecule has 0 bridgehead atoms. The van der Waals surface area contributed by atoms with Crippen molar-refractivity contribution >= 4 is 67.1 Å². The molecule has 0 fully saturated rings. The topological polar surface area (TPSA) is 0 Å². The molecule has 7 rings (SSSR count). The second kappa shape index (κ2) is 9.33. The average Bonchev–Trinajstić information content (AvgIpc) is 3.66. The third kappa shape index (κ3) is 4.16. The Morgan fingerprint density at radius 1 is 0.486 bits per heavy atom.